The lowest BCUT2D eigenvalue weighted by Gasteiger charge is -2.07. The maximum atomic E-state index is 13.5. The third-order valence-corrected chi connectivity index (χ3v) is 4.26. The molecule has 0 fully saturated rings. The van der Waals surface area contributed by atoms with E-state index in [4.69, 9.17) is 22.0 Å². The van der Waals surface area contributed by atoms with Crippen LogP contribution < -0.4 is 5.32 Å². The molecule has 10 heteroatoms. The number of benzene rings is 1. The Morgan fingerprint density at radius 1 is 1.43 bits per heavy atom. The number of nitrogens with one attached hydrogen (secondary N) is 1. The third kappa shape index (κ3) is 4.14. The van der Waals surface area contributed by atoms with E-state index < -0.39 is 48.8 Å². The molecule has 2 N–H and O–H groups in total. The van der Waals surface area contributed by atoms with Gasteiger partial charge in [0.1, 0.15) is 18.1 Å². The molecule has 0 aliphatic heterocycles. The molecule has 21 heavy (non-hydrogen) atoms. The molecule has 1 aromatic rings. The van der Waals surface area contributed by atoms with Gasteiger partial charge in [-0.1, -0.05) is 11.6 Å². The van der Waals surface area contributed by atoms with Gasteiger partial charge in [-0.05, 0) is 12.1 Å². The zero-order valence-corrected chi connectivity index (χ0v) is 11.8. The van der Waals surface area contributed by atoms with Crippen LogP contribution in [0.4, 0.5) is 4.39 Å². The van der Waals surface area contributed by atoms with Gasteiger partial charge in [-0.15, -0.1) is 0 Å². The maximum absolute atomic E-state index is 13.5. The lowest BCUT2D eigenvalue weighted by molar-refractivity contribution is -0.118. The van der Waals surface area contributed by atoms with Gasteiger partial charge in [0.15, 0.2) is 9.84 Å². The second kappa shape index (κ2) is 6.51. The maximum Gasteiger partial charge on any atom is 0.337 e. The van der Waals surface area contributed by atoms with E-state index in [2.05, 4.69) is 0 Å². The summed E-state index contributed by atoms with van der Waals surface area (Å²) in [6.45, 7) is -0.385. The fourth-order valence-electron chi connectivity index (χ4n) is 1.34. The molecular formula is C11H8ClFN2O5S. The Morgan fingerprint density at radius 2 is 2.05 bits per heavy atom. The van der Waals surface area contributed by atoms with Crippen molar-refractivity contribution in [3.63, 3.8) is 0 Å². The number of amides is 1. The molecule has 1 amide bonds. The monoisotopic (exact) mass is 334 g/mol. The molecule has 0 aromatic heterocycles. The van der Waals surface area contributed by atoms with Gasteiger partial charge in [0, 0.05) is 0 Å². The summed E-state index contributed by atoms with van der Waals surface area (Å²) >= 11 is 5.42. The predicted octanol–water partition coefficient (Wildman–Crippen LogP) is 0.591. The normalized spacial score (nSPS) is 10.7. The Balaban J connectivity index is 3.18. The van der Waals surface area contributed by atoms with Crippen LogP contribution in [-0.2, 0) is 14.6 Å². The van der Waals surface area contributed by atoms with Crippen molar-refractivity contribution in [3.8, 4) is 6.07 Å². The summed E-state index contributed by atoms with van der Waals surface area (Å²) in [5, 5.41) is 18.3. The highest BCUT2D eigenvalue weighted by atomic mass is 35.5. The van der Waals surface area contributed by atoms with Crippen LogP contribution in [-0.4, -0.2) is 37.7 Å². The highest BCUT2D eigenvalue weighted by Gasteiger charge is 2.24. The summed E-state index contributed by atoms with van der Waals surface area (Å²) in [5.41, 5.74) is -0.729. The standard InChI is InChI=1S/C11H8ClFN2O5S/c12-10-7(11(17)18)3-6(4-8(10)13)21(19,20)5-9(16)15-2-1-14/h3-4H,2,5H2,(H,15,16)(H,17,18). The molecule has 0 aliphatic carbocycles. The van der Waals surface area contributed by atoms with Gasteiger partial charge in [0.2, 0.25) is 5.91 Å². The zero-order chi connectivity index (χ0) is 16.2. The number of halogens is 2. The first-order valence-electron chi connectivity index (χ1n) is 5.27. The number of hydrogen-bond acceptors (Lipinski definition) is 5. The Labute approximate surface area is 123 Å². The Bertz CT molecular complexity index is 742. The molecule has 0 heterocycles. The van der Waals surface area contributed by atoms with E-state index in [9.17, 15) is 22.4 Å². The fourth-order valence-corrected chi connectivity index (χ4v) is 2.73. The second-order valence-corrected chi connectivity index (χ2v) is 6.13. The first-order chi connectivity index (χ1) is 9.69. The van der Waals surface area contributed by atoms with E-state index >= 15 is 0 Å². The highest BCUT2D eigenvalue weighted by molar-refractivity contribution is 7.92. The number of hydrogen-bond donors (Lipinski definition) is 2. The Morgan fingerprint density at radius 3 is 2.57 bits per heavy atom. The van der Waals surface area contributed by atoms with Crippen LogP contribution in [0, 0.1) is 17.1 Å². The molecule has 112 valence electrons. The molecule has 0 unspecified atom stereocenters. The Hall–Kier alpha value is -2.18. The number of nitriles is 1. The van der Waals surface area contributed by atoms with Crippen LogP contribution in [0.1, 0.15) is 10.4 Å². The fraction of sp³-hybridized carbons (Fsp3) is 0.182. The third-order valence-electron chi connectivity index (χ3n) is 2.28. The molecule has 1 aromatic carbocycles. The topological polar surface area (TPSA) is 124 Å². The zero-order valence-electron chi connectivity index (χ0n) is 10.3. The number of sulfone groups is 1. The van der Waals surface area contributed by atoms with Gasteiger partial charge in [0.25, 0.3) is 0 Å². The van der Waals surface area contributed by atoms with E-state index in [0.29, 0.717) is 12.1 Å². The minimum absolute atomic E-state index is 0.385. The van der Waals surface area contributed by atoms with Gasteiger partial charge < -0.3 is 10.4 Å². The molecule has 0 saturated carbocycles. The van der Waals surface area contributed by atoms with Crippen molar-refractivity contribution in [2.75, 3.05) is 12.3 Å². The second-order valence-electron chi connectivity index (χ2n) is 3.77. The van der Waals surface area contributed by atoms with Crippen LogP contribution in [0.15, 0.2) is 17.0 Å². The van der Waals surface area contributed by atoms with Crippen molar-refractivity contribution in [2.24, 2.45) is 0 Å². The summed E-state index contributed by atoms with van der Waals surface area (Å²) < 4.78 is 37.3. The van der Waals surface area contributed by atoms with E-state index in [1.807, 2.05) is 5.32 Å². The number of nitrogens with zero attached hydrogens (tertiary/aromatic N) is 1. The van der Waals surface area contributed by atoms with Crippen LogP contribution in [0.25, 0.3) is 0 Å². The molecule has 0 bridgehead atoms. The van der Waals surface area contributed by atoms with Crippen LogP contribution in [0.2, 0.25) is 5.02 Å². The van der Waals surface area contributed by atoms with Crippen molar-refractivity contribution >= 4 is 33.3 Å². The number of carbonyl (C=O) groups is 2. The van der Waals surface area contributed by atoms with Crippen molar-refractivity contribution in [2.45, 2.75) is 4.90 Å². The quantitative estimate of drug-likeness (QED) is 0.759. The average molecular weight is 335 g/mol. The molecule has 0 spiro atoms. The van der Waals surface area contributed by atoms with E-state index in [-0.39, 0.29) is 6.54 Å². The van der Waals surface area contributed by atoms with Crippen molar-refractivity contribution in [1.82, 2.24) is 5.32 Å². The largest absolute Gasteiger partial charge is 0.478 e. The molecule has 0 saturated heterocycles. The van der Waals surface area contributed by atoms with Crippen LogP contribution in [0.5, 0.6) is 0 Å². The van der Waals surface area contributed by atoms with Gasteiger partial charge in [-0.2, -0.15) is 5.26 Å². The Kier molecular flexibility index (Phi) is 5.23. The smallest absolute Gasteiger partial charge is 0.337 e. The summed E-state index contributed by atoms with van der Waals surface area (Å²) in [6, 6.07) is 2.78. The van der Waals surface area contributed by atoms with Crippen molar-refractivity contribution in [1.29, 1.82) is 5.26 Å². The highest BCUT2D eigenvalue weighted by Crippen LogP contribution is 2.25. The van der Waals surface area contributed by atoms with Crippen LogP contribution in [0.3, 0.4) is 0 Å². The number of rotatable bonds is 5. The average Bonchev–Trinajstić information content (AvgIpc) is 2.38. The predicted molar refractivity (Wildman–Crippen MR) is 69.0 cm³/mol. The number of carboxylic acid groups (broad SMARTS) is 1. The SMILES string of the molecule is N#CCNC(=O)CS(=O)(=O)c1cc(F)c(Cl)c(C(=O)O)c1. The first-order valence-corrected chi connectivity index (χ1v) is 7.31. The van der Waals surface area contributed by atoms with E-state index in [0.717, 1.165) is 0 Å². The molecule has 1 rings (SSSR count). The first kappa shape index (κ1) is 16.9. The summed E-state index contributed by atoms with van der Waals surface area (Å²) in [6.07, 6.45) is 0. The minimum Gasteiger partial charge on any atom is -0.478 e. The number of aromatic carboxylic acids is 1. The van der Waals surface area contributed by atoms with Crippen molar-refractivity contribution in [3.05, 3.63) is 28.5 Å². The molecular weight excluding hydrogens is 327 g/mol. The van der Waals surface area contributed by atoms with E-state index in [1.54, 1.807) is 6.07 Å². The molecule has 0 aliphatic rings. The lowest BCUT2D eigenvalue weighted by atomic mass is 10.2. The summed E-state index contributed by atoms with van der Waals surface area (Å²) in [7, 11) is -4.27. The molecule has 0 atom stereocenters. The molecule has 0 radical (unpaired) electrons. The lowest BCUT2D eigenvalue weighted by Crippen LogP contribution is -2.30. The molecule has 7 nitrogen and oxygen atoms in total. The number of carboxylic acids is 1. The number of carbonyl (C=O) groups excluding carboxylic acids is 1. The summed E-state index contributed by atoms with van der Waals surface area (Å²) in [5.74, 6) is -4.85. The van der Waals surface area contributed by atoms with Crippen LogP contribution >= 0.6 is 11.6 Å². The summed E-state index contributed by atoms with van der Waals surface area (Å²) in [4.78, 5) is 21.5. The minimum atomic E-state index is -4.27. The van der Waals surface area contributed by atoms with Gasteiger partial charge >= 0.3 is 5.97 Å². The van der Waals surface area contributed by atoms with Gasteiger partial charge in [-0.25, -0.2) is 17.6 Å². The van der Waals surface area contributed by atoms with Gasteiger partial charge in [-0.3, -0.25) is 4.79 Å². The van der Waals surface area contributed by atoms with E-state index in [1.165, 1.54) is 0 Å². The van der Waals surface area contributed by atoms with Gasteiger partial charge in [0.05, 0.1) is 21.6 Å². The van der Waals surface area contributed by atoms with Crippen molar-refractivity contribution < 1.29 is 27.5 Å².